The summed E-state index contributed by atoms with van der Waals surface area (Å²) in [4.78, 5) is 12.3. The fraction of sp³-hybridized carbons (Fsp3) is 0.286. The molecule has 140 valence electrons. The summed E-state index contributed by atoms with van der Waals surface area (Å²) in [6.45, 7) is 4.00. The molecule has 2 heterocycles. The van der Waals surface area contributed by atoms with Crippen LogP contribution in [0.15, 0.2) is 59.6 Å². The van der Waals surface area contributed by atoms with E-state index in [4.69, 9.17) is 5.73 Å². The molecular weight excluding hydrogens is 341 g/mol. The first kappa shape index (κ1) is 17.4. The van der Waals surface area contributed by atoms with E-state index in [0.717, 1.165) is 43.8 Å². The van der Waals surface area contributed by atoms with Gasteiger partial charge in [-0.25, -0.2) is 4.39 Å². The first-order valence-corrected chi connectivity index (χ1v) is 9.31. The maximum atomic E-state index is 13.1. The molecule has 0 spiro atoms. The molecule has 1 aromatic heterocycles. The number of aliphatic imine (C=N–C) groups is 1. The highest BCUT2D eigenvalue weighted by molar-refractivity contribution is 5.80. The van der Waals surface area contributed by atoms with Crippen molar-refractivity contribution < 1.29 is 4.39 Å². The van der Waals surface area contributed by atoms with Crippen molar-refractivity contribution in [1.82, 2.24) is 9.88 Å². The van der Waals surface area contributed by atoms with Crippen LogP contribution in [0.2, 0.25) is 0 Å². The number of aromatic nitrogens is 1. The molecule has 0 aliphatic carbocycles. The van der Waals surface area contributed by atoms with Gasteiger partial charge in [-0.15, -0.1) is 0 Å². The van der Waals surface area contributed by atoms with Crippen molar-refractivity contribution in [2.24, 2.45) is 10.7 Å². The van der Waals surface area contributed by atoms with Gasteiger partial charge in [-0.05, 0) is 41.8 Å². The minimum absolute atomic E-state index is 0.205. The number of para-hydroxylation sites is 1. The monoisotopic (exact) mass is 365 g/mol. The molecule has 0 amide bonds. The molecule has 1 fully saturated rings. The maximum Gasteiger partial charge on any atom is 0.191 e. The Morgan fingerprint density at radius 1 is 1.04 bits per heavy atom. The van der Waals surface area contributed by atoms with Crippen LogP contribution in [-0.2, 0) is 6.42 Å². The lowest BCUT2D eigenvalue weighted by Gasteiger charge is -2.36. The van der Waals surface area contributed by atoms with Crippen molar-refractivity contribution in [3.8, 4) is 0 Å². The van der Waals surface area contributed by atoms with E-state index in [1.54, 1.807) is 0 Å². The molecule has 0 atom stereocenters. The fourth-order valence-corrected chi connectivity index (χ4v) is 3.50. The maximum absolute atomic E-state index is 13.1. The van der Waals surface area contributed by atoms with Crippen molar-refractivity contribution in [1.29, 1.82) is 0 Å². The molecule has 3 aromatic rings. The summed E-state index contributed by atoms with van der Waals surface area (Å²) in [5.74, 6) is 0.397. The zero-order chi connectivity index (χ0) is 18.6. The first-order valence-electron chi connectivity index (χ1n) is 9.31. The second-order valence-corrected chi connectivity index (χ2v) is 6.82. The first-order chi connectivity index (χ1) is 13.2. The van der Waals surface area contributed by atoms with E-state index in [2.05, 4.69) is 38.0 Å². The van der Waals surface area contributed by atoms with Gasteiger partial charge >= 0.3 is 0 Å². The minimum Gasteiger partial charge on any atom is -0.370 e. The second-order valence-electron chi connectivity index (χ2n) is 6.82. The van der Waals surface area contributed by atoms with E-state index in [0.29, 0.717) is 12.5 Å². The molecule has 1 aliphatic heterocycles. The Kier molecular flexibility index (Phi) is 4.96. The normalized spacial score (nSPS) is 15.5. The lowest BCUT2D eigenvalue weighted by molar-refractivity contribution is 0.381. The van der Waals surface area contributed by atoms with Crippen LogP contribution in [0.4, 0.5) is 10.1 Å². The number of rotatable bonds is 4. The Labute approximate surface area is 158 Å². The molecule has 0 bridgehead atoms. The van der Waals surface area contributed by atoms with Crippen LogP contribution < -0.4 is 10.6 Å². The van der Waals surface area contributed by atoms with E-state index < -0.39 is 0 Å². The molecule has 0 unspecified atom stereocenters. The molecule has 1 aliphatic rings. The van der Waals surface area contributed by atoms with Crippen molar-refractivity contribution in [2.45, 2.75) is 6.42 Å². The highest BCUT2D eigenvalue weighted by Crippen LogP contribution is 2.17. The largest absolute Gasteiger partial charge is 0.370 e. The number of hydrogen-bond donors (Lipinski definition) is 2. The third kappa shape index (κ3) is 4.05. The van der Waals surface area contributed by atoms with Gasteiger partial charge in [0, 0.05) is 56.0 Å². The summed E-state index contributed by atoms with van der Waals surface area (Å²) in [6, 6.07) is 17.1. The number of benzene rings is 2. The lowest BCUT2D eigenvalue weighted by Crippen LogP contribution is -2.51. The number of nitrogens with zero attached hydrogens (tertiary/aromatic N) is 3. The molecule has 2 aromatic carbocycles. The summed E-state index contributed by atoms with van der Waals surface area (Å²) >= 11 is 0. The van der Waals surface area contributed by atoms with Gasteiger partial charge < -0.3 is 20.5 Å². The van der Waals surface area contributed by atoms with Crippen LogP contribution in [0.5, 0.6) is 0 Å². The van der Waals surface area contributed by atoms with E-state index in [9.17, 15) is 4.39 Å². The number of halogens is 1. The quantitative estimate of drug-likeness (QED) is 0.552. The number of nitrogens with one attached hydrogen (secondary N) is 1. The number of anilines is 1. The highest BCUT2D eigenvalue weighted by Gasteiger charge is 2.18. The van der Waals surface area contributed by atoms with Gasteiger partial charge in [0.15, 0.2) is 5.96 Å². The zero-order valence-corrected chi connectivity index (χ0v) is 15.2. The molecule has 27 heavy (non-hydrogen) atoms. The number of aromatic amines is 1. The van der Waals surface area contributed by atoms with Crippen molar-refractivity contribution >= 4 is 22.5 Å². The Morgan fingerprint density at radius 3 is 2.52 bits per heavy atom. The average molecular weight is 365 g/mol. The number of H-pyrrole nitrogens is 1. The summed E-state index contributed by atoms with van der Waals surface area (Å²) in [5, 5.41) is 1.22. The Bertz CT molecular complexity index is 890. The van der Waals surface area contributed by atoms with Crippen molar-refractivity contribution in [2.75, 3.05) is 37.6 Å². The van der Waals surface area contributed by atoms with Gasteiger partial charge in [0.05, 0.1) is 0 Å². The van der Waals surface area contributed by atoms with Gasteiger partial charge in [0.2, 0.25) is 0 Å². The van der Waals surface area contributed by atoms with Crippen LogP contribution in [-0.4, -0.2) is 48.6 Å². The van der Waals surface area contributed by atoms with Gasteiger partial charge in [0.25, 0.3) is 0 Å². The molecule has 3 N–H and O–H groups in total. The summed E-state index contributed by atoms with van der Waals surface area (Å²) in [6.07, 6.45) is 0.838. The smallest absolute Gasteiger partial charge is 0.191 e. The molecule has 5 nitrogen and oxygen atoms in total. The predicted molar refractivity (Wildman–Crippen MR) is 109 cm³/mol. The van der Waals surface area contributed by atoms with Gasteiger partial charge in [-0.1, -0.05) is 18.2 Å². The number of piperazine rings is 1. The molecule has 0 saturated carbocycles. The number of guanidine groups is 1. The SMILES string of the molecule is NC(=NCCc1cc2ccccc2[nH]1)N1CCN(c2ccc(F)cc2)CC1. The molecule has 4 rings (SSSR count). The predicted octanol–water partition coefficient (Wildman–Crippen LogP) is 2.99. The van der Waals surface area contributed by atoms with Crippen LogP contribution in [0.3, 0.4) is 0 Å². The molecule has 6 heteroatoms. The molecule has 0 radical (unpaired) electrons. The molecule has 1 saturated heterocycles. The van der Waals surface area contributed by atoms with Crippen molar-refractivity contribution in [3.05, 3.63) is 66.1 Å². The van der Waals surface area contributed by atoms with Gasteiger partial charge in [0.1, 0.15) is 5.82 Å². The Morgan fingerprint density at radius 2 is 1.78 bits per heavy atom. The van der Waals surface area contributed by atoms with E-state index in [1.807, 2.05) is 24.3 Å². The van der Waals surface area contributed by atoms with E-state index in [1.165, 1.54) is 23.2 Å². The number of fused-ring (bicyclic) bond motifs is 1. The van der Waals surface area contributed by atoms with Crippen LogP contribution in [0.1, 0.15) is 5.69 Å². The number of nitrogens with two attached hydrogens (primary N) is 1. The molecular formula is C21H24FN5. The highest BCUT2D eigenvalue weighted by atomic mass is 19.1. The fourth-order valence-electron chi connectivity index (χ4n) is 3.50. The van der Waals surface area contributed by atoms with E-state index in [-0.39, 0.29) is 5.82 Å². The van der Waals surface area contributed by atoms with Gasteiger partial charge in [-0.3, -0.25) is 4.99 Å². The van der Waals surface area contributed by atoms with Crippen LogP contribution in [0.25, 0.3) is 10.9 Å². The third-order valence-corrected chi connectivity index (χ3v) is 5.04. The van der Waals surface area contributed by atoms with Crippen molar-refractivity contribution in [3.63, 3.8) is 0 Å². The van der Waals surface area contributed by atoms with Gasteiger partial charge in [-0.2, -0.15) is 0 Å². The summed E-state index contributed by atoms with van der Waals surface area (Å²) in [7, 11) is 0. The van der Waals surface area contributed by atoms with Crippen LogP contribution in [0, 0.1) is 5.82 Å². The Balaban J connectivity index is 1.29. The standard InChI is InChI=1S/C21H24FN5/c22-17-5-7-19(8-6-17)26-11-13-27(14-12-26)21(23)24-10-9-18-15-16-3-1-2-4-20(16)25-18/h1-8,15,25H,9-14H2,(H2,23,24). The summed E-state index contributed by atoms with van der Waals surface area (Å²) < 4.78 is 13.1. The second kappa shape index (κ2) is 7.70. The Hall–Kier alpha value is -3.02. The minimum atomic E-state index is -0.205. The van der Waals surface area contributed by atoms with E-state index >= 15 is 0 Å². The lowest BCUT2D eigenvalue weighted by atomic mass is 10.2. The summed E-state index contributed by atoms with van der Waals surface area (Å²) in [5.41, 5.74) is 9.56. The average Bonchev–Trinajstić information content (AvgIpc) is 3.11. The zero-order valence-electron chi connectivity index (χ0n) is 15.2. The number of hydrogen-bond acceptors (Lipinski definition) is 2. The topological polar surface area (TPSA) is 60.6 Å². The third-order valence-electron chi connectivity index (χ3n) is 5.04. The van der Waals surface area contributed by atoms with Crippen LogP contribution >= 0.6 is 0 Å².